The van der Waals surface area contributed by atoms with E-state index in [1.807, 2.05) is 0 Å². The molecule has 0 spiro atoms. The number of ether oxygens (including phenoxy) is 1. The number of carbonyl (C=O) groups is 1. The van der Waals surface area contributed by atoms with Crippen molar-refractivity contribution in [3.8, 4) is 5.75 Å². The Bertz CT molecular complexity index is 556. The molecule has 122 valence electrons. The number of phenols is 1. The highest BCUT2D eigenvalue weighted by Gasteiger charge is 2.33. The van der Waals surface area contributed by atoms with Gasteiger partial charge in [-0.25, -0.2) is 9.18 Å². The number of aromatic hydroxyl groups is 1. The number of piperidine rings is 1. The van der Waals surface area contributed by atoms with Gasteiger partial charge >= 0.3 is 6.09 Å². The third-order valence-corrected chi connectivity index (χ3v) is 3.63. The highest BCUT2D eigenvalue weighted by atomic mass is 19.1. The Morgan fingerprint density at radius 2 is 2.09 bits per heavy atom. The topological polar surface area (TPSA) is 70.0 Å². The third kappa shape index (κ3) is 3.88. The number of halogens is 1. The first kappa shape index (κ1) is 16.5. The van der Waals surface area contributed by atoms with Crippen molar-refractivity contribution in [1.29, 1.82) is 0 Å². The van der Waals surface area contributed by atoms with Crippen molar-refractivity contribution in [2.45, 2.75) is 44.8 Å². The molecule has 1 aliphatic rings. The minimum absolute atomic E-state index is 0.141. The molecule has 5 nitrogen and oxygen atoms in total. The quantitative estimate of drug-likeness (QED) is 0.836. The van der Waals surface area contributed by atoms with Crippen LogP contribution in [0.5, 0.6) is 5.75 Å². The average Bonchev–Trinajstić information content (AvgIpc) is 2.40. The van der Waals surface area contributed by atoms with Crippen molar-refractivity contribution in [3.63, 3.8) is 0 Å². The van der Waals surface area contributed by atoms with E-state index in [1.165, 1.54) is 17.0 Å². The van der Waals surface area contributed by atoms with Gasteiger partial charge in [-0.2, -0.15) is 0 Å². The Balaban J connectivity index is 2.03. The highest BCUT2D eigenvalue weighted by molar-refractivity contribution is 5.68. The van der Waals surface area contributed by atoms with Gasteiger partial charge in [-0.15, -0.1) is 0 Å². The predicted octanol–water partition coefficient (Wildman–Crippen LogP) is 2.62. The van der Waals surface area contributed by atoms with Gasteiger partial charge in [0.25, 0.3) is 0 Å². The number of phenolic OH excluding ortho intramolecular Hbond substituents is 1. The van der Waals surface area contributed by atoms with Crippen molar-refractivity contribution >= 4 is 6.09 Å². The lowest BCUT2D eigenvalue weighted by Crippen LogP contribution is -2.47. The molecule has 0 radical (unpaired) electrons. The lowest BCUT2D eigenvalue weighted by molar-refractivity contribution is -0.00154. The van der Waals surface area contributed by atoms with Crippen LogP contribution < -0.4 is 0 Å². The Labute approximate surface area is 129 Å². The van der Waals surface area contributed by atoms with E-state index >= 15 is 0 Å². The molecule has 2 unspecified atom stereocenters. The predicted molar refractivity (Wildman–Crippen MR) is 79.2 cm³/mol. The molecule has 2 atom stereocenters. The van der Waals surface area contributed by atoms with Gasteiger partial charge in [0.15, 0.2) is 11.6 Å². The van der Waals surface area contributed by atoms with Gasteiger partial charge < -0.3 is 19.8 Å². The van der Waals surface area contributed by atoms with Crippen LogP contribution in [0.3, 0.4) is 0 Å². The van der Waals surface area contributed by atoms with E-state index in [0.29, 0.717) is 18.5 Å². The molecule has 1 aromatic carbocycles. The van der Waals surface area contributed by atoms with Gasteiger partial charge in [-0.05, 0) is 44.9 Å². The summed E-state index contributed by atoms with van der Waals surface area (Å²) in [4.78, 5) is 13.5. The SMILES string of the molecule is CC(C)(C)OC(=O)N1CCC(c2ccc(O)c(F)c2)C(O)C1. The van der Waals surface area contributed by atoms with Gasteiger partial charge in [0, 0.05) is 12.5 Å². The fourth-order valence-corrected chi connectivity index (χ4v) is 2.57. The summed E-state index contributed by atoms with van der Waals surface area (Å²) in [5.41, 5.74) is 0.0329. The number of amides is 1. The van der Waals surface area contributed by atoms with E-state index in [1.54, 1.807) is 26.8 Å². The number of aliphatic hydroxyl groups excluding tert-OH is 1. The summed E-state index contributed by atoms with van der Waals surface area (Å²) in [7, 11) is 0. The molecule has 1 fully saturated rings. The molecule has 2 N–H and O–H groups in total. The van der Waals surface area contributed by atoms with Crippen molar-refractivity contribution in [2.24, 2.45) is 0 Å². The summed E-state index contributed by atoms with van der Waals surface area (Å²) in [6, 6.07) is 4.10. The Hall–Kier alpha value is -1.82. The number of benzene rings is 1. The molecule has 2 rings (SSSR count). The van der Waals surface area contributed by atoms with Crippen LogP contribution in [-0.4, -0.2) is 46.0 Å². The van der Waals surface area contributed by atoms with Crippen molar-refractivity contribution in [1.82, 2.24) is 4.90 Å². The zero-order valence-corrected chi connectivity index (χ0v) is 13.0. The number of hydrogen-bond donors (Lipinski definition) is 2. The van der Waals surface area contributed by atoms with E-state index in [-0.39, 0.29) is 12.5 Å². The number of hydrogen-bond acceptors (Lipinski definition) is 4. The van der Waals surface area contributed by atoms with E-state index < -0.39 is 29.4 Å². The molecule has 0 saturated carbocycles. The molecule has 0 aromatic heterocycles. The monoisotopic (exact) mass is 311 g/mol. The zero-order valence-electron chi connectivity index (χ0n) is 13.0. The van der Waals surface area contributed by atoms with Crippen LogP contribution in [0.25, 0.3) is 0 Å². The van der Waals surface area contributed by atoms with Crippen molar-refractivity contribution in [2.75, 3.05) is 13.1 Å². The molecule has 1 amide bonds. The minimum atomic E-state index is -0.801. The third-order valence-electron chi connectivity index (χ3n) is 3.63. The summed E-state index contributed by atoms with van der Waals surface area (Å²) in [5.74, 6) is -1.39. The smallest absolute Gasteiger partial charge is 0.410 e. The highest BCUT2D eigenvalue weighted by Crippen LogP contribution is 2.31. The van der Waals surface area contributed by atoms with E-state index in [0.717, 1.165) is 0 Å². The second kappa shape index (κ2) is 6.12. The van der Waals surface area contributed by atoms with Gasteiger partial charge in [-0.1, -0.05) is 6.07 Å². The van der Waals surface area contributed by atoms with Gasteiger partial charge in [0.05, 0.1) is 12.6 Å². The second-order valence-corrected chi connectivity index (χ2v) is 6.60. The van der Waals surface area contributed by atoms with E-state index in [4.69, 9.17) is 4.74 Å². The maximum Gasteiger partial charge on any atom is 0.410 e. The molecule has 1 heterocycles. The lowest BCUT2D eigenvalue weighted by Gasteiger charge is -2.36. The lowest BCUT2D eigenvalue weighted by atomic mass is 9.87. The molecule has 1 saturated heterocycles. The van der Waals surface area contributed by atoms with Crippen molar-refractivity contribution in [3.05, 3.63) is 29.6 Å². The first-order valence-electron chi connectivity index (χ1n) is 7.32. The number of carbonyl (C=O) groups excluding carboxylic acids is 1. The minimum Gasteiger partial charge on any atom is -0.505 e. The van der Waals surface area contributed by atoms with Gasteiger partial charge in [0.1, 0.15) is 5.60 Å². The molecular formula is C16H22FNO4. The summed E-state index contributed by atoms with van der Waals surface area (Å²) in [6.07, 6.45) is -0.753. The summed E-state index contributed by atoms with van der Waals surface area (Å²) in [5, 5.41) is 19.5. The maximum atomic E-state index is 13.4. The normalized spacial score (nSPS) is 22.5. The number of likely N-dealkylation sites (tertiary alicyclic amines) is 1. The molecule has 0 aliphatic carbocycles. The fourth-order valence-electron chi connectivity index (χ4n) is 2.57. The Morgan fingerprint density at radius 1 is 1.41 bits per heavy atom. The van der Waals surface area contributed by atoms with Crippen LogP contribution in [0.1, 0.15) is 38.7 Å². The van der Waals surface area contributed by atoms with E-state index in [9.17, 15) is 19.4 Å². The number of β-amino-alcohol motifs (C(OH)–C–C–N with tert-alkyl or cyclic N) is 1. The van der Waals surface area contributed by atoms with Gasteiger partial charge in [-0.3, -0.25) is 0 Å². The van der Waals surface area contributed by atoms with Crippen LogP contribution in [0.15, 0.2) is 18.2 Å². The molecule has 1 aromatic rings. The molecular weight excluding hydrogens is 289 g/mol. The summed E-state index contributed by atoms with van der Waals surface area (Å²) in [6.45, 7) is 5.93. The van der Waals surface area contributed by atoms with Crippen molar-refractivity contribution < 1.29 is 24.1 Å². The molecule has 1 aliphatic heterocycles. The number of rotatable bonds is 1. The first-order chi connectivity index (χ1) is 10.2. The van der Waals surface area contributed by atoms with Crippen LogP contribution >= 0.6 is 0 Å². The maximum absolute atomic E-state index is 13.4. The summed E-state index contributed by atoms with van der Waals surface area (Å²) >= 11 is 0. The fraction of sp³-hybridized carbons (Fsp3) is 0.562. The van der Waals surface area contributed by atoms with Gasteiger partial charge in [0.2, 0.25) is 0 Å². The van der Waals surface area contributed by atoms with Crippen LogP contribution in [0.2, 0.25) is 0 Å². The van der Waals surface area contributed by atoms with E-state index in [2.05, 4.69) is 0 Å². The molecule has 6 heteroatoms. The van der Waals surface area contributed by atoms with Crippen LogP contribution in [0.4, 0.5) is 9.18 Å². The second-order valence-electron chi connectivity index (χ2n) is 6.60. The average molecular weight is 311 g/mol. The largest absolute Gasteiger partial charge is 0.505 e. The molecule has 22 heavy (non-hydrogen) atoms. The summed E-state index contributed by atoms with van der Waals surface area (Å²) < 4.78 is 18.7. The number of nitrogens with zero attached hydrogens (tertiary/aromatic N) is 1. The van der Waals surface area contributed by atoms with Crippen LogP contribution in [0, 0.1) is 5.82 Å². The standard InChI is InChI=1S/C16H22FNO4/c1-16(2,3)22-15(21)18-7-6-11(14(20)9-18)10-4-5-13(19)12(17)8-10/h4-5,8,11,14,19-20H,6-7,9H2,1-3H3. The first-order valence-corrected chi connectivity index (χ1v) is 7.32. The molecule has 0 bridgehead atoms. The Morgan fingerprint density at radius 3 is 2.64 bits per heavy atom. The number of aliphatic hydroxyl groups is 1. The zero-order chi connectivity index (χ0) is 16.5. The Kier molecular flexibility index (Phi) is 4.60. The van der Waals surface area contributed by atoms with Crippen LogP contribution in [-0.2, 0) is 4.74 Å².